The average Bonchev–Trinajstić information content (AvgIpc) is 2.27. The van der Waals surface area contributed by atoms with Crippen molar-refractivity contribution in [2.75, 3.05) is 0 Å². The predicted octanol–water partition coefficient (Wildman–Crippen LogP) is 1.84. The molecule has 0 aromatic heterocycles. The zero-order valence-electron chi connectivity index (χ0n) is 11.7. The van der Waals surface area contributed by atoms with Gasteiger partial charge in [-0.25, -0.2) is 0 Å². The van der Waals surface area contributed by atoms with Crippen molar-refractivity contribution in [2.45, 2.75) is 38.5 Å². The van der Waals surface area contributed by atoms with Crippen molar-refractivity contribution in [2.24, 2.45) is 11.7 Å². The number of carbonyl (C=O) groups excluding carboxylic acids is 1. The molecule has 3 atom stereocenters. The van der Waals surface area contributed by atoms with E-state index in [1.807, 2.05) is 30.3 Å². The summed E-state index contributed by atoms with van der Waals surface area (Å²) in [6, 6.07) is 8.49. The lowest BCUT2D eigenvalue weighted by molar-refractivity contribution is -0.164. The van der Waals surface area contributed by atoms with E-state index in [2.05, 4.69) is 6.92 Å². The summed E-state index contributed by atoms with van der Waals surface area (Å²) in [5.41, 5.74) is 6.20. The van der Waals surface area contributed by atoms with Gasteiger partial charge in [-0.05, 0) is 33.3 Å². The van der Waals surface area contributed by atoms with E-state index in [9.17, 15) is 9.90 Å². The summed E-state index contributed by atoms with van der Waals surface area (Å²) in [7, 11) is 0. The molecule has 0 aliphatic heterocycles. The van der Waals surface area contributed by atoms with E-state index in [-0.39, 0.29) is 0 Å². The number of carbonyl (C=O) groups is 1. The first-order valence-electron chi connectivity index (χ1n) is 6.27. The fourth-order valence-corrected chi connectivity index (χ4v) is 1.80. The molecule has 3 unspecified atom stereocenters. The Morgan fingerprint density at radius 3 is 2.26 bits per heavy atom. The van der Waals surface area contributed by atoms with Gasteiger partial charge in [-0.15, -0.1) is 0 Å². The van der Waals surface area contributed by atoms with Crippen molar-refractivity contribution in [3.63, 3.8) is 0 Å². The molecule has 0 aliphatic rings. The van der Waals surface area contributed by atoms with Crippen LogP contribution in [-0.4, -0.2) is 22.8 Å². The number of aliphatic hydroxyl groups is 1. The number of hydrogen-bond donors (Lipinski definition) is 2. The zero-order chi connectivity index (χ0) is 14.6. The molecule has 3 N–H and O–H groups in total. The molecule has 1 aromatic carbocycles. The number of esters is 1. The van der Waals surface area contributed by atoms with E-state index in [1.165, 1.54) is 0 Å². The van der Waals surface area contributed by atoms with E-state index in [4.69, 9.17) is 10.5 Å². The summed E-state index contributed by atoms with van der Waals surface area (Å²) in [6.07, 6.45) is -1.12. The monoisotopic (exact) mass is 264 g/mol. The van der Waals surface area contributed by atoms with E-state index in [1.54, 1.807) is 20.8 Å². The summed E-state index contributed by atoms with van der Waals surface area (Å²) in [4.78, 5) is 12.1. The highest BCUT2D eigenvalue weighted by Crippen LogP contribution is 2.25. The largest absolute Gasteiger partial charge is 0.460 e. The summed E-state index contributed by atoms with van der Waals surface area (Å²) < 4.78 is 5.28. The van der Waals surface area contributed by atoms with Crippen LogP contribution in [0.3, 0.4) is 0 Å². The SMILES string of the molecule is [CH2]C(O)C(C(=O)OC(C)(C)C)C(N)c1ccccc1. The van der Waals surface area contributed by atoms with Gasteiger partial charge in [0, 0.05) is 6.04 Å². The fraction of sp³-hybridized carbons (Fsp3) is 0.467. The second kappa shape index (κ2) is 6.17. The first-order chi connectivity index (χ1) is 8.72. The lowest BCUT2D eigenvalue weighted by Crippen LogP contribution is -2.40. The van der Waals surface area contributed by atoms with Crippen LogP contribution in [0.2, 0.25) is 0 Å². The van der Waals surface area contributed by atoms with E-state index < -0.39 is 29.6 Å². The van der Waals surface area contributed by atoms with Gasteiger partial charge in [0.2, 0.25) is 0 Å². The Hall–Kier alpha value is -1.39. The molecule has 1 aromatic rings. The number of hydrogen-bond acceptors (Lipinski definition) is 4. The van der Waals surface area contributed by atoms with Crippen LogP contribution in [0.4, 0.5) is 0 Å². The third kappa shape index (κ3) is 4.65. The Bertz CT molecular complexity index is 409. The first-order valence-corrected chi connectivity index (χ1v) is 6.27. The number of aliphatic hydroxyl groups excluding tert-OH is 1. The maximum atomic E-state index is 12.1. The molecule has 0 fully saturated rings. The number of benzene rings is 1. The van der Waals surface area contributed by atoms with Gasteiger partial charge in [0.05, 0.1) is 6.10 Å². The van der Waals surface area contributed by atoms with Crippen molar-refractivity contribution in [3.8, 4) is 0 Å². The molecule has 1 radical (unpaired) electrons. The standard InChI is InChI=1S/C15H22NO3/c1-10(17)12(14(18)19-15(2,3)4)13(16)11-8-6-5-7-9-11/h5-10,12-13,17H,1,16H2,2-4H3. The Labute approximate surface area is 114 Å². The summed E-state index contributed by atoms with van der Waals surface area (Å²) in [5, 5.41) is 9.72. The topological polar surface area (TPSA) is 72.5 Å². The average molecular weight is 264 g/mol. The highest BCUT2D eigenvalue weighted by Gasteiger charge is 2.34. The van der Waals surface area contributed by atoms with E-state index in [0.29, 0.717) is 0 Å². The van der Waals surface area contributed by atoms with Crippen molar-refractivity contribution in [3.05, 3.63) is 42.8 Å². The zero-order valence-corrected chi connectivity index (χ0v) is 11.7. The molecular weight excluding hydrogens is 242 g/mol. The molecule has 0 saturated carbocycles. The van der Waals surface area contributed by atoms with Gasteiger partial charge in [0.15, 0.2) is 0 Å². The van der Waals surface area contributed by atoms with Crippen molar-refractivity contribution in [1.29, 1.82) is 0 Å². The third-order valence-electron chi connectivity index (χ3n) is 2.66. The highest BCUT2D eigenvalue weighted by atomic mass is 16.6. The number of ether oxygens (including phenoxy) is 1. The van der Waals surface area contributed by atoms with Crippen LogP contribution in [0.5, 0.6) is 0 Å². The maximum absolute atomic E-state index is 12.1. The summed E-state index contributed by atoms with van der Waals surface area (Å²) >= 11 is 0. The smallest absolute Gasteiger partial charge is 0.314 e. The minimum Gasteiger partial charge on any atom is -0.460 e. The van der Waals surface area contributed by atoms with Crippen LogP contribution in [0, 0.1) is 12.8 Å². The highest BCUT2D eigenvalue weighted by molar-refractivity contribution is 5.75. The first kappa shape index (κ1) is 15.7. The van der Waals surface area contributed by atoms with Crippen LogP contribution in [0.25, 0.3) is 0 Å². The van der Waals surface area contributed by atoms with Gasteiger partial charge in [0.1, 0.15) is 11.5 Å². The minimum atomic E-state index is -1.12. The molecule has 0 saturated heterocycles. The number of rotatable bonds is 4. The molecule has 19 heavy (non-hydrogen) atoms. The molecule has 4 nitrogen and oxygen atoms in total. The minimum absolute atomic E-state index is 0.536. The Morgan fingerprint density at radius 1 is 1.32 bits per heavy atom. The molecule has 1 rings (SSSR count). The van der Waals surface area contributed by atoms with Gasteiger partial charge >= 0.3 is 5.97 Å². The van der Waals surface area contributed by atoms with Gasteiger partial charge in [-0.1, -0.05) is 30.3 Å². The summed E-state index contributed by atoms with van der Waals surface area (Å²) in [6.45, 7) is 8.82. The number of nitrogens with two attached hydrogens (primary N) is 1. The molecule has 0 amide bonds. The van der Waals surface area contributed by atoms with Gasteiger partial charge in [-0.2, -0.15) is 0 Å². The van der Waals surface area contributed by atoms with Gasteiger partial charge in [-0.3, -0.25) is 4.79 Å². The van der Waals surface area contributed by atoms with Gasteiger partial charge < -0.3 is 15.6 Å². The molecule has 0 bridgehead atoms. The Morgan fingerprint density at radius 2 is 1.84 bits per heavy atom. The third-order valence-corrected chi connectivity index (χ3v) is 2.66. The molecule has 4 heteroatoms. The Balaban J connectivity index is 2.92. The van der Waals surface area contributed by atoms with Gasteiger partial charge in [0.25, 0.3) is 0 Å². The van der Waals surface area contributed by atoms with E-state index >= 15 is 0 Å². The lowest BCUT2D eigenvalue weighted by Gasteiger charge is -2.29. The second-order valence-corrected chi connectivity index (χ2v) is 5.56. The molecule has 0 aliphatic carbocycles. The van der Waals surface area contributed by atoms with Crippen molar-refractivity contribution < 1.29 is 14.6 Å². The van der Waals surface area contributed by atoms with Crippen molar-refractivity contribution >= 4 is 5.97 Å². The van der Waals surface area contributed by atoms with Crippen LogP contribution in [-0.2, 0) is 9.53 Å². The fourth-order valence-electron chi connectivity index (χ4n) is 1.80. The molecule has 105 valence electrons. The lowest BCUT2D eigenvalue weighted by atomic mass is 9.89. The predicted molar refractivity (Wildman–Crippen MR) is 74.1 cm³/mol. The quantitative estimate of drug-likeness (QED) is 0.814. The molecular formula is C15H22NO3. The van der Waals surface area contributed by atoms with E-state index in [0.717, 1.165) is 5.56 Å². The van der Waals surface area contributed by atoms with Crippen LogP contribution >= 0.6 is 0 Å². The Kier molecular flexibility index (Phi) is 5.09. The molecule has 0 heterocycles. The summed E-state index contributed by atoms with van der Waals surface area (Å²) in [5.74, 6) is -1.42. The maximum Gasteiger partial charge on any atom is 0.314 e. The van der Waals surface area contributed by atoms with Crippen LogP contribution < -0.4 is 5.73 Å². The second-order valence-electron chi connectivity index (χ2n) is 5.56. The van der Waals surface area contributed by atoms with Crippen LogP contribution in [0.1, 0.15) is 32.4 Å². The van der Waals surface area contributed by atoms with Crippen LogP contribution in [0.15, 0.2) is 30.3 Å². The molecule has 0 spiro atoms. The normalized spacial score (nSPS) is 16.5. The van der Waals surface area contributed by atoms with Crippen molar-refractivity contribution in [1.82, 2.24) is 0 Å².